The average Bonchev–Trinajstić information content (AvgIpc) is 2.39. The van der Waals surface area contributed by atoms with E-state index in [-0.39, 0.29) is 17.6 Å². The van der Waals surface area contributed by atoms with Gasteiger partial charge in [-0.2, -0.15) is 0 Å². The monoisotopic (exact) mass is 264 g/mol. The van der Waals surface area contributed by atoms with Crippen LogP contribution in [0.4, 0.5) is 10.1 Å². The smallest absolute Gasteiger partial charge is 0.253 e. The van der Waals surface area contributed by atoms with Crippen molar-refractivity contribution < 1.29 is 9.18 Å². The minimum Gasteiger partial charge on any atom is -0.398 e. The molecule has 19 heavy (non-hydrogen) atoms. The molecule has 0 saturated heterocycles. The molecule has 4 heteroatoms. The number of amides is 1. The Kier molecular flexibility index (Phi) is 4.40. The van der Waals surface area contributed by atoms with Crippen molar-refractivity contribution in [3.63, 3.8) is 0 Å². The fraction of sp³-hybridized carbons (Fsp3) is 0.533. The molecule has 1 atom stereocenters. The van der Waals surface area contributed by atoms with Crippen LogP contribution in [0, 0.1) is 11.7 Å². The Morgan fingerprint density at radius 2 is 2.05 bits per heavy atom. The number of carbonyl (C=O) groups is 1. The van der Waals surface area contributed by atoms with Crippen LogP contribution in [0.25, 0.3) is 0 Å². The number of rotatable bonds is 3. The molecule has 0 radical (unpaired) electrons. The lowest BCUT2D eigenvalue weighted by atomic mass is 9.84. The van der Waals surface area contributed by atoms with E-state index in [2.05, 4.69) is 5.32 Å². The Morgan fingerprint density at radius 1 is 1.37 bits per heavy atom. The third-order valence-electron chi connectivity index (χ3n) is 3.97. The number of nitrogen functional groups attached to an aromatic ring is 1. The molecule has 0 bridgehead atoms. The Bertz CT molecular complexity index is 455. The standard InChI is InChI=1S/C15H21FN2O/c1-10(11-5-3-2-4-6-11)18-15(19)13-8-7-12(16)9-14(13)17/h7-11H,2-6,17H2,1H3,(H,18,19). The van der Waals surface area contributed by atoms with Crippen molar-refractivity contribution in [3.05, 3.63) is 29.6 Å². The number of nitrogens with one attached hydrogen (secondary N) is 1. The van der Waals surface area contributed by atoms with E-state index in [0.29, 0.717) is 11.5 Å². The van der Waals surface area contributed by atoms with Crippen molar-refractivity contribution in [1.82, 2.24) is 5.32 Å². The van der Waals surface area contributed by atoms with E-state index in [4.69, 9.17) is 5.73 Å². The van der Waals surface area contributed by atoms with Gasteiger partial charge in [0.1, 0.15) is 5.82 Å². The molecule has 0 aromatic heterocycles. The molecule has 1 aromatic rings. The lowest BCUT2D eigenvalue weighted by Gasteiger charge is -2.28. The summed E-state index contributed by atoms with van der Waals surface area (Å²) in [6.45, 7) is 2.04. The highest BCUT2D eigenvalue weighted by molar-refractivity contribution is 5.99. The topological polar surface area (TPSA) is 55.1 Å². The zero-order chi connectivity index (χ0) is 13.8. The van der Waals surface area contributed by atoms with Gasteiger partial charge in [0.25, 0.3) is 5.91 Å². The molecule has 0 aliphatic heterocycles. The first-order valence-electron chi connectivity index (χ1n) is 6.94. The van der Waals surface area contributed by atoms with E-state index in [1.807, 2.05) is 6.92 Å². The largest absolute Gasteiger partial charge is 0.398 e. The first kappa shape index (κ1) is 13.8. The highest BCUT2D eigenvalue weighted by Gasteiger charge is 2.22. The number of nitrogens with two attached hydrogens (primary N) is 1. The molecule has 1 unspecified atom stereocenters. The van der Waals surface area contributed by atoms with Gasteiger partial charge in [-0.25, -0.2) is 4.39 Å². The van der Waals surface area contributed by atoms with Crippen molar-refractivity contribution >= 4 is 11.6 Å². The summed E-state index contributed by atoms with van der Waals surface area (Å²) in [5, 5.41) is 2.98. The summed E-state index contributed by atoms with van der Waals surface area (Å²) in [6.07, 6.45) is 6.11. The van der Waals surface area contributed by atoms with Gasteiger partial charge in [-0.15, -0.1) is 0 Å². The number of anilines is 1. The lowest BCUT2D eigenvalue weighted by Crippen LogP contribution is -2.39. The minimum absolute atomic E-state index is 0.136. The molecule has 104 valence electrons. The molecular weight excluding hydrogens is 243 g/mol. The van der Waals surface area contributed by atoms with Crippen molar-refractivity contribution in [2.24, 2.45) is 5.92 Å². The van der Waals surface area contributed by atoms with E-state index >= 15 is 0 Å². The van der Waals surface area contributed by atoms with Crippen molar-refractivity contribution in [2.75, 3.05) is 5.73 Å². The molecular formula is C15H21FN2O. The quantitative estimate of drug-likeness (QED) is 0.824. The molecule has 1 aliphatic rings. The van der Waals surface area contributed by atoms with Crippen LogP contribution >= 0.6 is 0 Å². The van der Waals surface area contributed by atoms with Gasteiger partial charge in [-0.3, -0.25) is 4.79 Å². The molecule has 1 saturated carbocycles. The summed E-state index contributed by atoms with van der Waals surface area (Å²) >= 11 is 0. The Hall–Kier alpha value is -1.58. The number of halogens is 1. The van der Waals surface area contributed by atoms with Gasteiger partial charge < -0.3 is 11.1 Å². The molecule has 2 rings (SSSR count). The second-order valence-electron chi connectivity index (χ2n) is 5.39. The molecule has 3 N–H and O–H groups in total. The van der Waals surface area contributed by atoms with Crippen LogP contribution in [0.2, 0.25) is 0 Å². The fourth-order valence-corrected chi connectivity index (χ4v) is 2.78. The van der Waals surface area contributed by atoms with Crippen molar-refractivity contribution in [3.8, 4) is 0 Å². The average molecular weight is 264 g/mol. The van der Waals surface area contributed by atoms with Gasteiger partial charge in [0, 0.05) is 11.7 Å². The van der Waals surface area contributed by atoms with E-state index in [1.54, 1.807) is 0 Å². The third kappa shape index (κ3) is 3.46. The van der Waals surface area contributed by atoms with Crippen LogP contribution in [-0.2, 0) is 0 Å². The van der Waals surface area contributed by atoms with Gasteiger partial charge in [0.2, 0.25) is 0 Å². The Morgan fingerprint density at radius 3 is 2.68 bits per heavy atom. The number of hydrogen-bond donors (Lipinski definition) is 2. The summed E-state index contributed by atoms with van der Waals surface area (Å²) in [7, 11) is 0. The van der Waals surface area contributed by atoms with E-state index in [1.165, 1.54) is 50.3 Å². The lowest BCUT2D eigenvalue weighted by molar-refractivity contribution is 0.0920. The predicted molar refractivity (Wildman–Crippen MR) is 74.3 cm³/mol. The summed E-state index contributed by atoms with van der Waals surface area (Å²) in [6, 6.07) is 4.02. The zero-order valence-electron chi connectivity index (χ0n) is 11.3. The maximum Gasteiger partial charge on any atom is 0.253 e. The normalized spacial score (nSPS) is 18.0. The highest BCUT2D eigenvalue weighted by atomic mass is 19.1. The summed E-state index contributed by atoms with van der Waals surface area (Å²) in [5.41, 5.74) is 6.21. The van der Waals surface area contributed by atoms with Crippen LogP contribution < -0.4 is 11.1 Å². The van der Waals surface area contributed by atoms with E-state index in [0.717, 1.165) is 0 Å². The van der Waals surface area contributed by atoms with Crippen molar-refractivity contribution in [2.45, 2.75) is 45.1 Å². The fourth-order valence-electron chi connectivity index (χ4n) is 2.78. The predicted octanol–water partition coefficient (Wildman–Crippen LogP) is 3.11. The van der Waals surface area contributed by atoms with E-state index < -0.39 is 5.82 Å². The second-order valence-corrected chi connectivity index (χ2v) is 5.39. The van der Waals surface area contributed by atoms with Crippen LogP contribution in [-0.4, -0.2) is 11.9 Å². The molecule has 3 nitrogen and oxygen atoms in total. The van der Waals surface area contributed by atoms with Crippen LogP contribution in [0.1, 0.15) is 49.4 Å². The Labute approximate surface area is 113 Å². The molecule has 1 fully saturated rings. The van der Waals surface area contributed by atoms with Crippen LogP contribution in [0.15, 0.2) is 18.2 Å². The molecule has 1 amide bonds. The SMILES string of the molecule is CC(NC(=O)c1ccc(F)cc1N)C1CCCCC1. The van der Waals surface area contributed by atoms with Gasteiger partial charge in [0.05, 0.1) is 5.56 Å². The maximum absolute atomic E-state index is 13.0. The maximum atomic E-state index is 13.0. The summed E-state index contributed by atoms with van der Waals surface area (Å²) < 4.78 is 13.0. The van der Waals surface area contributed by atoms with Gasteiger partial charge in [-0.05, 0) is 43.9 Å². The first-order valence-corrected chi connectivity index (χ1v) is 6.94. The second kappa shape index (κ2) is 6.04. The van der Waals surface area contributed by atoms with Crippen molar-refractivity contribution in [1.29, 1.82) is 0 Å². The molecule has 0 spiro atoms. The zero-order valence-corrected chi connectivity index (χ0v) is 11.3. The van der Waals surface area contributed by atoms with Gasteiger partial charge in [-0.1, -0.05) is 19.3 Å². The minimum atomic E-state index is -0.422. The first-order chi connectivity index (χ1) is 9.08. The summed E-state index contributed by atoms with van der Waals surface area (Å²) in [5.74, 6) is -0.0932. The number of hydrogen-bond acceptors (Lipinski definition) is 2. The van der Waals surface area contributed by atoms with E-state index in [9.17, 15) is 9.18 Å². The Balaban J connectivity index is 1.99. The molecule has 1 aliphatic carbocycles. The van der Waals surface area contributed by atoms with Gasteiger partial charge in [0.15, 0.2) is 0 Å². The number of benzene rings is 1. The highest BCUT2D eigenvalue weighted by Crippen LogP contribution is 2.26. The molecule has 0 heterocycles. The van der Waals surface area contributed by atoms with Crippen LogP contribution in [0.5, 0.6) is 0 Å². The summed E-state index contributed by atoms with van der Waals surface area (Å²) in [4.78, 5) is 12.1. The molecule has 1 aromatic carbocycles. The van der Waals surface area contributed by atoms with Crippen LogP contribution in [0.3, 0.4) is 0 Å². The van der Waals surface area contributed by atoms with Gasteiger partial charge >= 0.3 is 0 Å². The number of carbonyl (C=O) groups excluding carboxylic acids is 1. The third-order valence-corrected chi connectivity index (χ3v) is 3.97.